The first kappa shape index (κ1) is 18.5. The summed E-state index contributed by atoms with van der Waals surface area (Å²) in [6.45, 7) is 4.43. The molecule has 1 aromatic carbocycles. The van der Waals surface area contributed by atoms with Gasteiger partial charge in [0.2, 0.25) is 5.91 Å². The maximum Gasteiger partial charge on any atom is 0.253 e. The molecule has 0 spiro atoms. The Morgan fingerprint density at radius 1 is 1.00 bits per heavy atom. The zero-order chi connectivity index (χ0) is 18.6. The molecule has 2 saturated heterocycles. The third-order valence-electron chi connectivity index (χ3n) is 6.17. The zero-order valence-electron chi connectivity index (χ0n) is 16.2. The molecule has 0 aromatic heterocycles. The van der Waals surface area contributed by atoms with E-state index in [4.69, 9.17) is 0 Å². The van der Waals surface area contributed by atoms with Gasteiger partial charge < -0.3 is 15.1 Å². The Hall–Kier alpha value is -1.88. The minimum Gasteiger partial charge on any atom is -0.342 e. The molecule has 2 aliphatic heterocycles. The second-order valence-electron chi connectivity index (χ2n) is 8.38. The lowest BCUT2D eigenvalue weighted by Gasteiger charge is -2.21. The predicted molar refractivity (Wildman–Crippen MR) is 105 cm³/mol. The Balaban J connectivity index is 1.25. The van der Waals surface area contributed by atoms with Crippen LogP contribution in [0.15, 0.2) is 24.3 Å². The van der Waals surface area contributed by atoms with Crippen molar-refractivity contribution >= 4 is 11.8 Å². The molecule has 1 N–H and O–H groups in total. The third-order valence-corrected chi connectivity index (χ3v) is 6.17. The Morgan fingerprint density at radius 3 is 2.44 bits per heavy atom. The second-order valence-corrected chi connectivity index (χ2v) is 8.38. The van der Waals surface area contributed by atoms with Crippen LogP contribution in [0.4, 0.5) is 0 Å². The van der Waals surface area contributed by atoms with E-state index in [-0.39, 0.29) is 5.91 Å². The lowest BCUT2D eigenvalue weighted by molar-refractivity contribution is -0.130. The number of likely N-dealkylation sites (tertiary alicyclic amines) is 2. The molecule has 1 aromatic rings. The van der Waals surface area contributed by atoms with Gasteiger partial charge in [-0.3, -0.25) is 9.59 Å². The van der Waals surface area contributed by atoms with Gasteiger partial charge >= 0.3 is 0 Å². The number of nitrogens with zero attached hydrogens (tertiary/aromatic N) is 2. The van der Waals surface area contributed by atoms with Crippen LogP contribution in [0.25, 0.3) is 0 Å². The number of nitrogens with one attached hydrogen (secondary N) is 1. The smallest absolute Gasteiger partial charge is 0.253 e. The topological polar surface area (TPSA) is 52.7 Å². The average molecular weight is 370 g/mol. The van der Waals surface area contributed by atoms with E-state index in [0.717, 1.165) is 69.9 Å². The molecule has 5 heteroatoms. The average Bonchev–Trinajstić information content (AvgIpc) is 3.38. The summed E-state index contributed by atoms with van der Waals surface area (Å²) in [6, 6.07) is 8.40. The monoisotopic (exact) mass is 369 g/mol. The molecule has 1 aliphatic carbocycles. The Kier molecular flexibility index (Phi) is 5.77. The van der Waals surface area contributed by atoms with E-state index >= 15 is 0 Å². The summed E-state index contributed by atoms with van der Waals surface area (Å²) in [5.74, 6) is 1.25. The fraction of sp³-hybridized carbons (Fsp3) is 0.636. The highest BCUT2D eigenvalue weighted by Gasteiger charge is 2.29. The van der Waals surface area contributed by atoms with Crippen molar-refractivity contribution in [1.29, 1.82) is 0 Å². The van der Waals surface area contributed by atoms with Gasteiger partial charge in [0.15, 0.2) is 0 Å². The van der Waals surface area contributed by atoms with Crippen LogP contribution >= 0.6 is 0 Å². The number of carbonyl (C=O) groups excluding carboxylic acids is 2. The van der Waals surface area contributed by atoms with Gasteiger partial charge in [0.25, 0.3) is 5.91 Å². The van der Waals surface area contributed by atoms with Gasteiger partial charge in [0.05, 0.1) is 0 Å². The van der Waals surface area contributed by atoms with Crippen molar-refractivity contribution in [3.63, 3.8) is 0 Å². The first-order chi connectivity index (χ1) is 13.2. The van der Waals surface area contributed by atoms with Crippen LogP contribution in [-0.2, 0) is 11.3 Å². The summed E-state index contributed by atoms with van der Waals surface area (Å²) in [7, 11) is 0. The van der Waals surface area contributed by atoms with Crippen molar-refractivity contribution in [3.05, 3.63) is 35.4 Å². The van der Waals surface area contributed by atoms with Crippen LogP contribution in [0.2, 0.25) is 0 Å². The number of amides is 2. The molecule has 1 atom stereocenters. The number of carbonyl (C=O) groups is 2. The normalized spacial score (nSPS) is 23.6. The summed E-state index contributed by atoms with van der Waals surface area (Å²) in [6.07, 6.45) is 7.44. The summed E-state index contributed by atoms with van der Waals surface area (Å²) in [4.78, 5) is 28.7. The molecule has 0 bridgehead atoms. The SMILES string of the molecule is O=C1CC[C@H](NCc2ccc(C(=O)N3CCCC3)cc2)CCN1CC1CC1. The standard InChI is InChI=1S/C22H31N3O2/c26-21-10-9-20(11-14-25(21)16-18-3-4-18)23-15-17-5-7-19(8-6-17)22(27)24-12-1-2-13-24/h5-8,18,20,23H,1-4,9-16H2/t20-/m0/s1. The van der Waals surface area contributed by atoms with Crippen LogP contribution in [0.5, 0.6) is 0 Å². The molecule has 5 nitrogen and oxygen atoms in total. The molecule has 2 amide bonds. The third kappa shape index (κ3) is 4.89. The van der Waals surface area contributed by atoms with Gasteiger partial charge in [-0.1, -0.05) is 12.1 Å². The summed E-state index contributed by atoms with van der Waals surface area (Å²) < 4.78 is 0. The largest absolute Gasteiger partial charge is 0.342 e. The number of hydrogen-bond acceptors (Lipinski definition) is 3. The molecule has 0 unspecified atom stereocenters. The number of benzene rings is 1. The highest BCUT2D eigenvalue weighted by atomic mass is 16.2. The zero-order valence-corrected chi connectivity index (χ0v) is 16.2. The van der Waals surface area contributed by atoms with Crippen LogP contribution < -0.4 is 5.32 Å². The highest BCUT2D eigenvalue weighted by Crippen LogP contribution is 2.30. The van der Waals surface area contributed by atoms with Crippen molar-refractivity contribution < 1.29 is 9.59 Å². The molecule has 0 radical (unpaired) electrons. The molecular weight excluding hydrogens is 338 g/mol. The van der Waals surface area contributed by atoms with Gasteiger partial charge in [0.1, 0.15) is 0 Å². The Labute approximate surface area is 162 Å². The molecule has 146 valence electrons. The van der Waals surface area contributed by atoms with Gasteiger partial charge in [-0.05, 0) is 62.1 Å². The van der Waals surface area contributed by atoms with Crippen molar-refractivity contribution in [2.45, 2.75) is 57.5 Å². The highest BCUT2D eigenvalue weighted by molar-refractivity contribution is 5.94. The van der Waals surface area contributed by atoms with Crippen molar-refractivity contribution in [1.82, 2.24) is 15.1 Å². The van der Waals surface area contributed by atoms with Gasteiger partial charge in [-0.25, -0.2) is 0 Å². The Morgan fingerprint density at radius 2 is 1.74 bits per heavy atom. The van der Waals surface area contributed by atoms with Crippen molar-refractivity contribution in [2.75, 3.05) is 26.2 Å². The van der Waals surface area contributed by atoms with Crippen LogP contribution in [0.3, 0.4) is 0 Å². The minimum absolute atomic E-state index is 0.157. The first-order valence-corrected chi connectivity index (χ1v) is 10.6. The fourth-order valence-corrected chi connectivity index (χ4v) is 4.18. The van der Waals surface area contributed by atoms with Gasteiger partial charge in [0, 0.05) is 50.7 Å². The van der Waals surface area contributed by atoms with E-state index in [1.807, 2.05) is 17.0 Å². The van der Waals surface area contributed by atoms with E-state index in [1.54, 1.807) is 0 Å². The fourth-order valence-electron chi connectivity index (χ4n) is 4.18. The summed E-state index contributed by atoms with van der Waals surface area (Å²) in [5, 5.41) is 3.62. The van der Waals surface area contributed by atoms with E-state index in [1.165, 1.54) is 18.4 Å². The summed E-state index contributed by atoms with van der Waals surface area (Å²) in [5.41, 5.74) is 1.98. The van der Waals surface area contributed by atoms with Crippen LogP contribution in [0.1, 0.15) is 60.9 Å². The lowest BCUT2D eigenvalue weighted by atomic mass is 10.1. The van der Waals surface area contributed by atoms with Crippen molar-refractivity contribution in [2.24, 2.45) is 5.92 Å². The quantitative estimate of drug-likeness (QED) is 0.839. The lowest BCUT2D eigenvalue weighted by Crippen LogP contribution is -2.33. The maximum absolute atomic E-state index is 12.4. The van der Waals surface area contributed by atoms with E-state index in [9.17, 15) is 9.59 Å². The number of rotatable bonds is 6. The van der Waals surface area contributed by atoms with Crippen molar-refractivity contribution in [3.8, 4) is 0 Å². The number of hydrogen-bond donors (Lipinski definition) is 1. The van der Waals surface area contributed by atoms with E-state index < -0.39 is 0 Å². The molecule has 3 fully saturated rings. The maximum atomic E-state index is 12.4. The van der Waals surface area contributed by atoms with E-state index in [0.29, 0.717) is 18.4 Å². The molecule has 3 aliphatic rings. The van der Waals surface area contributed by atoms with Gasteiger partial charge in [-0.15, -0.1) is 0 Å². The second kappa shape index (κ2) is 8.42. The van der Waals surface area contributed by atoms with Crippen LogP contribution in [-0.4, -0.2) is 53.8 Å². The minimum atomic E-state index is 0.157. The molecular formula is C22H31N3O2. The molecule has 1 saturated carbocycles. The van der Waals surface area contributed by atoms with Gasteiger partial charge in [-0.2, -0.15) is 0 Å². The predicted octanol–water partition coefficient (Wildman–Crippen LogP) is 2.80. The Bertz CT molecular complexity index is 663. The summed E-state index contributed by atoms with van der Waals surface area (Å²) >= 11 is 0. The van der Waals surface area contributed by atoms with E-state index in [2.05, 4.69) is 22.3 Å². The molecule has 27 heavy (non-hydrogen) atoms. The molecule has 4 rings (SSSR count). The molecule has 2 heterocycles. The van der Waals surface area contributed by atoms with Crippen LogP contribution in [0, 0.1) is 5.92 Å². The first-order valence-electron chi connectivity index (χ1n) is 10.6.